The van der Waals surface area contributed by atoms with Crippen molar-refractivity contribution in [2.24, 2.45) is 0 Å². The summed E-state index contributed by atoms with van der Waals surface area (Å²) < 4.78 is 11.1. The minimum Gasteiger partial charge on any atom is -0.374 e. The standard InChI is InChI=1S/C17H27NO2/c1-4-18(15-16-11-8-7-9-12-16)14-10-13-17(19-5-2)20-6-3/h4,7-9,11-12,17H,1,5-6,10,13-15H2,2-3H3. The van der Waals surface area contributed by atoms with Gasteiger partial charge in [-0.05, 0) is 32.0 Å². The Balaban J connectivity index is 2.32. The quantitative estimate of drug-likeness (QED) is 0.574. The molecule has 0 aliphatic heterocycles. The van der Waals surface area contributed by atoms with E-state index in [9.17, 15) is 0 Å². The molecular formula is C17H27NO2. The highest BCUT2D eigenvalue weighted by Crippen LogP contribution is 2.09. The van der Waals surface area contributed by atoms with Gasteiger partial charge in [0.25, 0.3) is 0 Å². The first-order valence-electron chi connectivity index (χ1n) is 7.43. The lowest BCUT2D eigenvalue weighted by molar-refractivity contribution is -0.140. The molecule has 3 nitrogen and oxygen atoms in total. The van der Waals surface area contributed by atoms with Gasteiger partial charge in [0, 0.05) is 32.7 Å². The second-order valence-corrected chi connectivity index (χ2v) is 4.62. The fourth-order valence-corrected chi connectivity index (χ4v) is 2.10. The van der Waals surface area contributed by atoms with Crippen LogP contribution in [0.15, 0.2) is 43.1 Å². The zero-order chi connectivity index (χ0) is 14.6. The summed E-state index contributed by atoms with van der Waals surface area (Å²) in [7, 11) is 0. The molecule has 0 saturated heterocycles. The van der Waals surface area contributed by atoms with E-state index in [0.717, 1.165) is 25.9 Å². The summed E-state index contributed by atoms with van der Waals surface area (Å²) >= 11 is 0. The van der Waals surface area contributed by atoms with Gasteiger partial charge in [0.2, 0.25) is 0 Å². The topological polar surface area (TPSA) is 21.7 Å². The maximum Gasteiger partial charge on any atom is 0.157 e. The Morgan fingerprint density at radius 2 is 1.80 bits per heavy atom. The molecule has 0 aliphatic carbocycles. The third-order valence-electron chi connectivity index (χ3n) is 3.08. The smallest absolute Gasteiger partial charge is 0.157 e. The Morgan fingerprint density at radius 3 is 2.35 bits per heavy atom. The summed E-state index contributed by atoms with van der Waals surface area (Å²) in [6, 6.07) is 10.4. The Kier molecular flexibility index (Phi) is 8.76. The lowest BCUT2D eigenvalue weighted by atomic mass is 10.2. The number of hydrogen-bond donors (Lipinski definition) is 0. The minimum absolute atomic E-state index is 0.0756. The number of benzene rings is 1. The Labute approximate surface area is 123 Å². The van der Waals surface area contributed by atoms with E-state index in [1.807, 2.05) is 26.1 Å². The van der Waals surface area contributed by atoms with Gasteiger partial charge in [-0.1, -0.05) is 36.9 Å². The van der Waals surface area contributed by atoms with Crippen molar-refractivity contribution >= 4 is 0 Å². The molecule has 0 atom stereocenters. The molecule has 20 heavy (non-hydrogen) atoms. The molecule has 0 fully saturated rings. The molecule has 0 saturated carbocycles. The Morgan fingerprint density at radius 1 is 1.15 bits per heavy atom. The van der Waals surface area contributed by atoms with Gasteiger partial charge in [-0.25, -0.2) is 0 Å². The normalized spacial score (nSPS) is 10.8. The van der Waals surface area contributed by atoms with Gasteiger partial charge in [0.15, 0.2) is 6.29 Å². The average Bonchev–Trinajstić information content (AvgIpc) is 2.47. The van der Waals surface area contributed by atoms with Crippen molar-refractivity contribution in [3.05, 3.63) is 48.7 Å². The summed E-state index contributed by atoms with van der Waals surface area (Å²) in [4.78, 5) is 2.23. The van der Waals surface area contributed by atoms with E-state index in [2.05, 4.69) is 35.7 Å². The maximum absolute atomic E-state index is 5.55. The summed E-state index contributed by atoms with van der Waals surface area (Å²) in [5, 5.41) is 0. The molecule has 0 N–H and O–H groups in total. The molecule has 0 radical (unpaired) electrons. The summed E-state index contributed by atoms with van der Waals surface area (Å²) in [5.74, 6) is 0. The van der Waals surface area contributed by atoms with Crippen LogP contribution in [0, 0.1) is 0 Å². The molecule has 1 rings (SSSR count). The Bertz CT molecular complexity index is 347. The lowest BCUT2D eigenvalue weighted by Crippen LogP contribution is -2.22. The fourth-order valence-electron chi connectivity index (χ4n) is 2.10. The molecule has 0 aromatic heterocycles. The van der Waals surface area contributed by atoms with Crippen molar-refractivity contribution in [1.82, 2.24) is 4.90 Å². The second-order valence-electron chi connectivity index (χ2n) is 4.62. The monoisotopic (exact) mass is 277 g/mol. The van der Waals surface area contributed by atoms with Crippen LogP contribution in [-0.4, -0.2) is 30.9 Å². The van der Waals surface area contributed by atoms with Crippen molar-refractivity contribution in [2.75, 3.05) is 19.8 Å². The predicted octanol–water partition coefficient (Wildman–Crippen LogP) is 3.81. The molecular weight excluding hydrogens is 250 g/mol. The minimum atomic E-state index is -0.0756. The molecule has 1 aromatic carbocycles. The van der Waals surface area contributed by atoms with Crippen molar-refractivity contribution in [3.63, 3.8) is 0 Å². The van der Waals surface area contributed by atoms with Crippen LogP contribution in [-0.2, 0) is 16.0 Å². The number of hydrogen-bond acceptors (Lipinski definition) is 3. The van der Waals surface area contributed by atoms with Crippen LogP contribution in [0.5, 0.6) is 0 Å². The van der Waals surface area contributed by atoms with Gasteiger partial charge in [0.1, 0.15) is 0 Å². The first-order chi connectivity index (χ1) is 9.80. The molecule has 0 unspecified atom stereocenters. The molecule has 1 aromatic rings. The van der Waals surface area contributed by atoms with E-state index < -0.39 is 0 Å². The van der Waals surface area contributed by atoms with E-state index in [1.54, 1.807) is 0 Å². The highest BCUT2D eigenvalue weighted by molar-refractivity contribution is 5.14. The molecule has 0 aliphatic rings. The summed E-state index contributed by atoms with van der Waals surface area (Å²) in [5.41, 5.74) is 1.30. The third-order valence-corrected chi connectivity index (χ3v) is 3.08. The molecule has 0 spiro atoms. The van der Waals surface area contributed by atoms with Gasteiger partial charge in [-0.3, -0.25) is 0 Å². The van der Waals surface area contributed by atoms with Crippen molar-refractivity contribution < 1.29 is 9.47 Å². The van der Waals surface area contributed by atoms with E-state index >= 15 is 0 Å². The first-order valence-corrected chi connectivity index (χ1v) is 7.43. The lowest BCUT2D eigenvalue weighted by Gasteiger charge is -2.22. The van der Waals surface area contributed by atoms with Crippen molar-refractivity contribution in [1.29, 1.82) is 0 Å². The van der Waals surface area contributed by atoms with Gasteiger partial charge in [-0.2, -0.15) is 0 Å². The van der Waals surface area contributed by atoms with Crippen LogP contribution in [0.25, 0.3) is 0 Å². The first kappa shape index (κ1) is 16.7. The highest BCUT2D eigenvalue weighted by atomic mass is 16.7. The van der Waals surface area contributed by atoms with Gasteiger partial charge >= 0.3 is 0 Å². The van der Waals surface area contributed by atoms with Crippen LogP contribution >= 0.6 is 0 Å². The largest absolute Gasteiger partial charge is 0.374 e. The van der Waals surface area contributed by atoms with E-state index in [4.69, 9.17) is 9.47 Å². The van der Waals surface area contributed by atoms with Gasteiger partial charge < -0.3 is 14.4 Å². The zero-order valence-electron chi connectivity index (χ0n) is 12.8. The maximum atomic E-state index is 5.55. The molecule has 0 bridgehead atoms. The molecule has 112 valence electrons. The van der Waals surface area contributed by atoms with Crippen LogP contribution in [0.1, 0.15) is 32.3 Å². The third kappa shape index (κ3) is 6.73. The van der Waals surface area contributed by atoms with E-state index in [-0.39, 0.29) is 6.29 Å². The Hall–Kier alpha value is -1.32. The summed E-state index contributed by atoms with van der Waals surface area (Å²) in [6.07, 6.45) is 3.78. The summed E-state index contributed by atoms with van der Waals surface area (Å²) in [6.45, 7) is 11.1. The second kappa shape index (κ2) is 10.5. The van der Waals surface area contributed by atoms with E-state index in [0.29, 0.717) is 13.2 Å². The van der Waals surface area contributed by atoms with Crippen LogP contribution in [0.2, 0.25) is 0 Å². The zero-order valence-corrected chi connectivity index (χ0v) is 12.8. The SMILES string of the molecule is C=CN(CCCC(OCC)OCC)Cc1ccccc1. The average molecular weight is 277 g/mol. The van der Waals surface area contributed by atoms with Gasteiger partial charge in [0.05, 0.1) is 0 Å². The van der Waals surface area contributed by atoms with Crippen LogP contribution in [0.4, 0.5) is 0 Å². The highest BCUT2D eigenvalue weighted by Gasteiger charge is 2.08. The van der Waals surface area contributed by atoms with Crippen LogP contribution in [0.3, 0.4) is 0 Å². The fraction of sp³-hybridized carbons (Fsp3) is 0.529. The number of rotatable bonds is 11. The van der Waals surface area contributed by atoms with Crippen molar-refractivity contribution in [2.45, 2.75) is 39.5 Å². The molecule has 3 heteroatoms. The van der Waals surface area contributed by atoms with E-state index in [1.165, 1.54) is 5.56 Å². The van der Waals surface area contributed by atoms with Gasteiger partial charge in [-0.15, -0.1) is 0 Å². The van der Waals surface area contributed by atoms with Crippen LogP contribution < -0.4 is 0 Å². The predicted molar refractivity (Wildman–Crippen MR) is 83.3 cm³/mol. The van der Waals surface area contributed by atoms with Crippen molar-refractivity contribution in [3.8, 4) is 0 Å². The number of ether oxygens (including phenoxy) is 2. The number of nitrogens with zero attached hydrogens (tertiary/aromatic N) is 1. The molecule has 0 amide bonds. The molecule has 0 heterocycles.